The van der Waals surface area contributed by atoms with Crippen LogP contribution in [-0.4, -0.2) is 42.5 Å². The monoisotopic (exact) mass is 269 g/mol. The Bertz CT molecular complexity index is 252. The molecule has 4 heteroatoms. The molecular formula is C15H31N3O. The predicted molar refractivity (Wildman–Crippen MR) is 80.0 cm³/mol. The fourth-order valence-electron chi connectivity index (χ4n) is 3.01. The Balaban J connectivity index is 2.40. The van der Waals surface area contributed by atoms with E-state index in [4.69, 9.17) is 5.73 Å². The molecule has 0 aromatic rings. The molecule has 1 fully saturated rings. The Morgan fingerprint density at radius 3 is 2.63 bits per heavy atom. The summed E-state index contributed by atoms with van der Waals surface area (Å²) in [6.45, 7) is 6.20. The molecule has 0 bridgehead atoms. The summed E-state index contributed by atoms with van der Waals surface area (Å²) in [4.78, 5) is 14.3. The average molecular weight is 269 g/mol. The zero-order chi connectivity index (χ0) is 14.1. The summed E-state index contributed by atoms with van der Waals surface area (Å²) in [5.41, 5.74) is 5.69. The molecule has 1 amide bonds. The standard InChI is InChI=1S/C15H31N3O/c1-3-7-13(2)17-15(19)12-18(11-10-16)14-8-5-4-6-9-14/h13-14H,3-12,16H2,1-2H3,(H,17,19). The van der Waals surface area contributed by atoms with Crippen LogP contribution in [0.4, 0.5) is 0 Å². The quantitative estimate of drug-likeness (QED) is 0.707. The van der Waals surface area contributed by atoms with Gasteiger partial charge in [0.05, 0.1) is 6.54 Å². The summed E-state index contributed by atoms with van der Waals surface area (Å²) >= 11 is 0. The van der Waals surface area contributed by atoms with E-state index in [-0.39, 0.29) is 11.9 Å². The van der Waals surface area contributed by atoms with E-state index in [9.17, 15) is 4.79 Å². The first kappa shape index (κ1) is 16.4. The van der Waals surface area contributed by atoms with Crippen LogP contribution in [0.5, 0.6) is 0 Å². The molecule has 1 atom stereocenters. The highest BCUT2D eigenvalue weighted by Crippen LogP contribution is 2.22. The van der Waals surface area contributed by atoms with Gasteiger partial charge in [-0.05, 0) is 26.2 Å². The van der Waals surface area contributed by atoms with Gasteiger partial charge in [0.1, 0.15) is 0 Å². The van der Waals surface area contributed by atoms with Gasteiger partial charge in [-0.25, -0.2) is 0 Å². The third-order valence-corrected chi connectivity index (χ3v) is 3.98. The van der Waals surface area contributed by atoms with Crippen molar-refractivity contribution in [2.45, 2.75) is 70.9 Å². The molecule has 1 saturated carbocycles. The van der Waals surface area contributed by atoms with E-state index in [2.05, 4.69) is 24.1 Å². The zero-order valence-corrected chi connectivity index (χ0v) is 12.7. The van der Waals surface area contributed by atoms with Gasteiger partial charge in [-0.15, -0.1) is 0 Å². The van der Waals surface area contributed by atoms with Crippen LogP contribution in [-0.2, 0) is 4.79 Å². The zero-order valence-electron chi connectivity index (χ0n) is 12.7. The van der Waals surface area contributed by atoms with Crippen molar-refractivity contribution in [3.63, 3.8) is 0 Å². The average Bonchev–Trinajstić information content (AvgIpc) is 2.39. The fourth-order valence-corrected chi connectivity index (χ4v) is 3.01. The van der Waals surface area contributed by atoms with Crippen molar-refractivity contribution in [2.24, 2.45) is 5.73 Å². The maximum Gasteiger partial charge on any atom is 0.234 e. The van der Waals surface area contributed by atoms with Gasteiger partial charge in [0.25, 0.3) is 0 Å². The van der Waals surface area contributed by atoms with Crippen LogP contribution in [0.1, 0.15) is 58.8 Å². The van der Waals surface area contributed by atoms with Crippen molar-refractivity contribution in [1.29, 1.82) is 0 Å². The van der Waals surface area contributed by atoms with Crippen molar-refractivity contribution in [2.75, 3.05) is 19.6 Å². The number of amides is 1. The molecule has 0 aliphatic heterocycles. The number of hydrogen-bond acceptors (Lipinski definition) is 3. The number of carbonyl (C=O) groups is 1. The third kappa shape index (κ3) is 6.39. The molecule has 0 spiro atoms. The molecule has 0 aromatic heterocycles. The molecule has 19 heavy (non-hydrogen) atoms. The van der Waals surface area contributed by atoms with Crippen molar-refractivity contribution in [3.05, 3.63) is 0 Å². The van der Waals surface area contributed by atoms with E-state index < -0.39 is 0 Å². The lowest BCUT2D eigenvalue weighted by molar-refractivity contribution is -0.123. The minimum Gasteiger partial charge on any atom is -0.353 e. The van der Waals surface area contributed by atoms with E-state index in [0.717, 1.165) is 19.4 Å². The van der Waals surface area contributed by atoms with Crippen LogP contribution in [0.3, 0.4) is 0 Å². The Kier molecular flexibility index (Phi) is 8.07. The van der Waals surface area contributed by atoms with Crippen LogP contribution in [0.25, 0.3) is 0 Å². The first-order valence-electron chi connectivity index (χ1n) is 7.90. The van der Waals surface area contributed by atoms with Gasteiger partial charge in [-0.2, -0.15) is 0 Å². The van der Waals surface area contributed by atoms with Crippen molar-refractivity contribution in [1.82, 2.24) is 10.2 Å². The maximum absolute atomic E-state index is 12.1. The molecule has 1 rings (SSSR count). The molecule has 3 N–H and O–H groups in total. The Labute approximate surface area is 118 Å². The van der Waals surface area contributed by atoms with Gasteiger partial charge in [-0.1, -0.05) is 32.6 Å². The second-order valence-corrected chi connectivity index (χ2v) is 5.81. The third-order valence-electron chi connectivity index (χ3n) is 3.98. The van der Waals surface area contributed by atoms with Gasteiger partial charge in [-0.3, -0.25) is 9.69 Å². The van der Waals surface area contributed by atoms with Gasteiger partial charge >= 0.3 is 0 Å². The van der Waals surface area contributed by atoms with Gasteiger partial charge in [0.15, 0.2) is 0 Å². The molecule has 4 nitrogen and oxygen atoms in total. The summed E-state index contributed by atoms with van der Waals surface area (Å²) in [5, 5.41) is 3.09. The molecule has 1 aliphatic rings. The SMILES string of the molecule is CCCC(C)NC(=O)CN(CCN)C1CCCCC1. The minimum atomic E-state index is 0.153. The van der Waals surface area contributed by atoms with Gasteiger partial charge in [0, 0.05) is 25.2 Å². The molecule has 0 radical (unpaired) electrons. The largest absolute Gasteiger partial charge is 0.353 e. The van der Waals surface area contributed by atoms with Crippen LogP contribution in [0, 0.1) is 0 Å². The summed E-state index contributed by atoms with van der Waals surface area (Å²) in [6, 6.07) is 0.841. The van der Waals surface area contributed by atoms with Crippen LogP contribution in [0.15, 0.2) is 0 Å². The van der Waals surface area contributed by atoms with E-state index in [1.54, 1.807) is 0 Å². The lowest BCUT2D eigenvalue weighted by Gasteiger charge is -2.33. The lowest BCUT2D eigenvalue weighted by Crippen LogP contribution is -2.47. The second kappa shape index (κ2) is 9.32. The highest BCUT2D eigenvalue weighted by Gasteiger charge is 2.22. The summed E-state index contributed by atoms with van der Waals surface area (Å²) in [6.07, 6.45) is 8.52. The van der Waals surface area contributed by atoms with Crippen LogP contribution >= 0.6 is 0 Å². The maximum atomic E-state index is 12.1. The Hall–Kier alpha value is -0.610. The van der Waals surface area contributed by atoms with Gasteiger partial charge in [0.2, 0.25) is 5.91 Å². The highest BCUT2D eigenvalue weighted by atomic mass is 16.2. The topological polar surface area (TPSA) is 58.4 Å². The number of carbonyl (C=O) groups excluding carboxylic acids is 1. The lowest BCUT2D eigenvalue weighted by atomic mass is 9.94. The normalized spacial score (nSPS) is 18.5. The summed E-state index contributed by atoms with van der Waals surface area (Å²) < 4.78 is 0. The molecule has 1 aliphatic carbocycles. The van der Waals surface area contributed by atoms with Crippen LogP contribution < -0.4 is 11.1 Å². The van der Waals surface area contributed by atoms with Crippen LogP contribution in [0.2, 0.25) is 0 Å². The second-order valence-electron chi connectivity index (χ2n) is 5.81. The smallest absolute Gasteiger partial charge is 0.234 e. The summed E-state index contributed by atoms with van der Waals surface area (Å²) in [7, 11) is 0. The van der Waals surface area contributed by atoms with E-state index in [1.165, 1.54) is 32.1 Å². The Morgan fingerprint density at radius 2 is 2.05 bits per heavy atom. The molecular weight excluding hydrogens is 238 g/mol. The van der Waals surface area contributed by atoms with Crippen molar-refractivity contribution >= 4 is 5.91 Å². The molecule has 0 heterocycles. The number of rotatable bonds is 8. The molecule has 0 aromatic carbocycles. The summed E-state index contributed by atoms with van der Waals surface area (Å²) in [5.74, 6) is 0.153. The van der Waals surface area contributed by atoms with Crippen molar-refractivity contribution < 1.29 is 4.79 Å². The minimum absolute atomic E-state index is 0.153. The first-order chi connectivity index (χ1) is 9.17. The number of nitrogens with two attached hydrogens (primary N) is 1. The predicted octanol–water partition coefficient (Wildman–Crippen LogP) is 1.88. The van der Waals surface area contributed by atoms with E-state index in [0.29, 0.717) is 19.1 Å². The number of nitrogens with one attached hydrogen (secondary N) is 1. The fraction of sp³-hybridized carbons (Fsp3) is 0.933. The van der Waals surface area contributed by atoms with Gasteiger partial charge < -0.3 is 11.1 Å². The van der Waals surface area contributed by atoms with Crippen molar-refractivity contribution in [3.8, 4) is 0 Å². The number of hydrogen-bond donors (Lipinski definition) is 2. The molecule has 1 unspecified atom stereocenters. The first-order valence-corrected chi connectivity index (χ1v) is 7.90. The van der Waals surface area contributed by atoms with E-state index >= 15 is 0 Å². The molecule has 0 saturated heterocycles. The highest BCUT2D eigenvalue weighted by molar-refractivity contribution is 5.78. The van der Waals surface area contributed by atoms with E-state index in [1.807, 2.05) is 0 Å². The Morgan fingerprint density at radius 1 is 1.37 bits per heavy atom. The molecule has 112 valence electrons. The number of nitrogens with zero attached hydrogens (tertiary/aromatic N) is 1.